The zero-order valence-corrected chi connectivity index (χ0v) is 15.6. The number of amides is 1. The fourth-order valence-corrected chi connectivity index (χ4v) is 3.48. The summed E-state index contributed by atoms with van der Waals surface area (Å²) in [4.78, 5) is 18.3. The van der Waals surface area contributed by atoms with Crippen LogP contribution >= 0.6 is 23.1 Å². The minimum absolute atomic E-state index is 0.0122. The molecule has 0 aliphatic heterocycles. The number of carbonyl (C=O) groups is 1. The molecule has 2 aromatic heterocycles. The van der Waals surface area contributed by atoms with Gasteiger partial charge in [-0.05, 0) is 19.1 Å². The first-order valence-electron chi connectivity index (χ1n) is 7.74. The Morgan fingerprint density at radius 3 is 2.85 bits per heavy atom. The van der Waals surface area contributed by atoms with E-state index in [1.165, 1.54) is 4.90 Å². The second kappa shape index (κ2) is 8.60. The molecule has 0 spiro atoms. The summed E-state index contributed by atoms with van der Waals surface area (Å²) in [5.41, 5.74) is 1.57. The fourth-order valence-electron chi connectivity index (χ4n) is 2.22. The Kier molecular flexibility index (Phi) is 5.99. The van der Waals surface area contributed by atoms with Crippen molar-refractivity contribution in [3.8, 4) is 6.07 Å². The van der Waals surface area contributed by atoms with E-state index in [2.05, 4.69) is 15.2 Å². The number of aromatic nitrogens is 3. The van der Waals surface area contributed by atoms with E-state index in [0.29, 0.717) is 23.2 Å². The second-order valence-electron chi connectivity index (χ2n) is 5.26. The topological polar surface area (TPSA) is 95.9 Å². The third-order valence-corrected chi connectivity index (χ3v) is 4.99. The van der Waals surface area contributed by atoms with Gasteiger partial charge in [0.25, 0.3) is 5.22 Å². The SMILES string of the molecule is Cc1nc(Cc2nnc(SCC(=O)N(CC#N)c3ccccc3)o2)cs1. The average Bonchev–Trinajstić information content (AvgIpc) is 3.27. The summed E-state index contributed by atoms with van der Waals surface area (Å²) >= 11 is 2.72. The highest BCUT2D eigenvalue weighted by molar-refractivity contribution is 7.99. The normalized spacial score (nSPS) is 10.5. The van der Waals surface area contributed by atoms with Gasteiger partial charge in [0.2, 0.25) is 11.8 Å². The van der Waals surface area contributed by atoms with Crippen molar-refractivity contribution in [3.05, 3.63) is 52.3 Å². The van der Waals surface area contributed by atoms with E-state index in [-0.39, 0.29) is 18.2 Å². The first-order chi connectivity index (χ1) is 12.7. The fraction of sp³-hybridized carbons (Fsp3) is 0.235. The maximum Gasteiger partial charge on any atom is 0.277 e. The predicted octanol–water partition coefficient (Wildman–Crippen LogP) is 3.07. The molecule has 1 amide bonds. The lowest BCUT2D eigenvalue weighted by Crippen LogP contribution is -2.32. The number of benzene rings is 1. The van der Waals surface area contributed by atoms with Gasteiger partial charge in [-0.25, -0.2) is 4.98 Å². The van der Waals surface area contributed by atoms with Gasteiger partial charge < -0.3 is 4.42 Å². The van der Waals surface area contributed by atoms with E-state index in [0.717, 1.165) is 22.5 Å². The third-order valence-electron chi connectivity index (χ3n) is 3.36. The van der Waals surface area contributed by atoms with Crippen LogP contribution in [0.15, 0.2) is 45.4 Å². The molecule has 0 saturated carbocycles. The summed E-state index contributed by atoms with van der Waals surface area (Å²) in [7, 11) is 0. The van der Waals surface area contributed by atoms with Gasteiger partial charge in [0.05, 0.1) is 28.9 Å². The molecule has 0 N–H and O–H groups in total. The lowest BCUT2D eigenvalue weighted by Gasteiger charge is -2.18. The van der Waals surface area contributed by atoms with Gasteiger partial charge in [0.1, 0.15) is 6.54 Å². The van der Waals surface area contributed by atoms with Crippen molar-refractivity contribution in [3.63, 3.8) is 0 Å². The zero-order chi connectivity index (χ0) is 18.4. The number of anilines is 1. The summed E-state index contributed by atoms with van der Waals surface area (Å²) in [5, 5.41) is 20.2. The van der Waals surface area contributed by atoms with Gasteiger partial charge in [-0.1, -0.05) is 30.0 Å². The molecular weight excluding hydrogens is 370 g/mol. The highest BCUT2D eigenvalue weighted by Crippen LogP contribution is 2.21. The Labute approximate surface area is 158 Å². The van der Waals surface area contributed by atoms with Crippen LogP contribution in [0.2, 0.25) is 0 Å². The molecule has 26 heavy (non-hydrogen) atoms. The van der Waals surface area contributed by atoms with Gasteiger partial charge >= 0.3 is 0 Å². The highest BCUT2D eigenvalue weighted by Gasteiger charge is 2.17. The van der Waals surface area contributed by atoms with Crippen molar-refractivity contribution in [2.45, 2.75) is 18.6 Å². The van der Waals surface area contributed by atoms with Gasteiger partial charge in [0, 0.05) is 11.1 Å². The van der Waals surface area contributed by atoms with Crippen LogP contribution in [0.3, 0.4) is 0 Å². The number of thiazole rings is 1. The molecule has 0 unspecified atom stereocenters. The predicted molar refractivity (Wildman–Crippen MR) is 99.1 cm³/mol. The summed E-state index contributed by atoms with van der Waals surface area (Å²) in [6.07, 6.45) is 0.469. The van der Waals surface area contributed by atoms with Crippen molar-refractivity contribution >= 4 is 34.7 Å². The molecule has 0 aliphatic carbocycles. The van der Waals surface area contributed by atoms with Gasteiger partial charge in [-0.2, -0.15) is 5.26 Å². The van der Waals surface area contributed by atoms with Crippen LogP contribution in [-0.4, -0.2) is 33.4 Å². The molecular formula is C17H15N5O2S2. The molecule has 3 rings (SSSR count). The molecule has 1 aromatic carbocycles. The van der Waals surface area contributed by atoms with E-state index in [9.17, 15) is 4.79 Å². The van der Waals surface area contributed by atoms with E-state index in [1.807, 2.05) is 36.6 Å². The monoisotopic (exact) mass is 385 g/mol. The van der Waals surface area contributed by atoms with Crippen LogP contribution in [-0.2, 0) is 11.2 Å². The summed E-state index contributed by atoms with van der Waals surface area (Å²) in [6.45, 7) is 1.93. The van der Waals surface area contributed by atoms with Gasteiger partial charge in [-0.3, -0.25) is 9.69 Å². The number of para-hydroxylation sites is 1. The average molecular weight is 385 g/mol. The molecule has 9 heteroatoms. The maximum atomic E-state index is 12.5. The second-order valence-corrected chi connectivity index (χ2v) is 7.25. The number of aryl methyl sites for hydroxylation is 1. The Hall–Kier alpha value is -2.70. The lowest BCUT2D eigenvalue weighted by molar-refractivity contribution is -0.116. The molecule has 0 radical (unpaired) electrons. The number of hydrogen-bond donors (Lipinski definition) is 0. The Morgan fingerprint density at radius 1 is 1.35 bits per heavy atom. The van der Waals surface area contributed by atoms with Crippen molar-refractivity contribution in [1.82, 2.24) is 15.2 Å². The molecule has 0 fully saturated rings. The van der Waals surface area contributed by atoms with Crippen LogP contribution in [0.1, 0.15) is 16.6 Å². The maximum absolute atomic E-state index is 12.5. The van der Waals surface area contributed by atoms with E-state index < -0.39 is 0 Å². The highest BCUT2D eigenvalue weighted by atomic mass is 32.2. The van der Waals surface area contributed by atoms with Crippen LogP contribution in [0, 0.1) is 18.3 Å². The number of nitriles is 1. The smallest absolute Gasteiger partial charge is 0.277 e. The number of carbonyl (C=O) groups excluding carboxylic acids is 1. The molecule has 7 nitrogen and oxygen atoms in total. The summed E-state index contributed by atoms with van der Waals surface area (Å²) < 4.78 is 5.56. The molecule has 0 atom stereocenters. The molecule has 0 bridgehead atoms. The van der Waals surface area contributed by atoms with Crippen LogP contribution in [0.25, 0.3) is 0 Å². The first kappa shape index (κ1) is 18.1. The third kappa shape index (κ3) is 4.68. The van der Waals surface area contributed by atoms with Gasteiger partial charge in [-0.15, -0.1) is 21.5 Å². The van der Waals surface area contributed by atoms with Crippen LogP contribution in [0.5, 0.6) is 0 Å². The first-order valence-corrected chi connectivity index (χ1v) is 9.61. The van der Waals surface area contributed by atoms with Gasteiger partial charge in [0.15, 0.2) is 0 Å². The Balaban J connectivity index is 1.59. The molecule has 2 heterocycles. The minimum Gasteiger partial charge on any atom is -0.416 e. The lowest BCUT2D eigenvalue weighted by atomic mass is 10.3. The molecule has 0 saturated heterocycles. The van der Waals surface area contributed by atoms with Crippen molar-refractivity contribution in [2.75, 3.05) is 17.2 Å². The standard InChI is InChI=1S/C17H15N5O2S2/c1-12-19-13(10-25-12)9-15-20-21-17(24-15)26-11-16(23)22(8-7-18)14-5-3-2-4-6-14/h2-6,10H,8-9,11H2,1H3. The van der Waals surface area contributed by atoms with E-state index in [1.54, 1.807) is 23.5 Å². The largest absolute Gasteiger partial charge is 0.416 e. The molecule has 132 valence electrons. The van der Waals surface area contributed by atoms with Crippen LogP contribution < -0.4 is 4.90 Å². The quantitative estimate of drug-likeness (QED) is 0.455. The summed E-state index contributed by atoms with van der Waals surface area (Å²) in [5.74, 6) is 0.369. The Morgan fingerprint density at radius 2 is 2.15 bits per heavy atom. The molecule has 0 aliphatic rings. The zero-order valence-electron chi connectivity index (χ0n) is 14.0. The van der Waals surface area contributed by atoms with Crippen molar-refractivity contribution < 1.29 is 9.21 Å². The summed E-state index contributed by atoms with van der Waals surface area (Å²) in [6, 6.07) is 11.1. The molecule has 3 aromatic rings. The van der Waals surface area contributed by atoms with Crippen molar-refractivity contribution in [2.24, 2.45) is 0 Å². The van der Waals surface area contributed by atoms with E-state index >= 15 is 0 Å². The van der Waals surface area contributed by atoms with Crippen molar-refractivity contribution in [1.29, 1.82) is 5.26 Å². The number of nitrogens with zero attached hydrogens (tertiary/aromatic N) is 5. The minimum atomic E-state index is -0.197. The van der Waals surface area contributed by atoms with E-state index in [4.69, 9.17) is 9.68 Å². The van der Waals surface area contributed by atoms with Crippen LogP contribution in [0.4, 0.5) is 5.69 Å². The number of thioether (sulfide) groups is 1. The Bertz CT molecular complexity index is 917. The number of hydrogen-bond acceptors (Lipinski definition) is 8. The number of rotatable bonds is 7.